The molecule has 0 saturated carbocycles. The highest BCUT2D eigenvalue weighted by atomic mass is 19.1. The van der Waals surface area contributed by atoms with Crippen molar-refractivity contribution < 1.29 is 18.7 Å². The fourth-order valence-electron chi connectivity index (χ4n) is 3.47. The Hall–Kier alpha value is -3.29. The maximum atomic E-state index is 14.1. The molecule has 0 saturated heterocycles. The number of hydrogen-bond acceptors (Lipinski definition) is 4. The van der Waals surface area contributed by atoms with Gasteiger partial charge in [-0.3, -0.25) is 9.59 Å². The molecule has 0 aliphatic carbocycles. The summed E-state index contributed by atoms with van der Waals surface area (Å²) in [7, 11) is 0. The molecule has 2 heterocycles. The molecule has 8 heteroatoms. The van der Waals surface area contributed by atoms with Gasteiger partial charge in [-0.25, -0.2) is 13.9 Å². The number of halogens is 2. The van der Waals surface area contributed by atoms with Crippen LogP contribution in [0.15, 0.2) is 41.2 Å². The highest BCUT2D eigenvalue weighted by Gasteiger charge is 2.32. The second-order valence-electron chi connectivity index (χ2n) is 6.14. The van der Waals surface area contributed by atoms with Gasteiger partial charge in [-0.15, -0.1) is 0 Å². The van der Waals surface area contributed by atoms with Crippen molar-refractivity contribution in [3.63, 3.8) is 0 Å². The van der Waals surface area contributed by atoms with E-state index in [1.54, 1.807) is 12.1 Å². The fourth-order valence-corrected chi connectivity index (χ4v) is 3.47. The Morgan fingerprint density at radius 2 is 1.96 bits per heavy atom. The number of rotatable bonds is 3. The minimum absolute atomic E-state index is 0.123. The highest BCUT2D eigenvalue weighted by Crippen LogP contribution is 2.40. The molecular formula is C18H13F2N3O3. The van der Waals surface area contributed by atoms with Gasteiger partial charge >= 0.3 is 5.97 Å². The molecule has 1 aliphatic heterocycles. The number of carboxylic acids is 1. The molecule has 132 valence electrons. The van der Waals surface area contributed by atoms with Crippen molar-refractivity contribution in [2.24, 2.45) is 0 Å². The first kappa shape index (κ1) is 16.2. The van der Waals surface area contributed by atoms with Gasteiger partial charge in [0.1, 0.15) is 18.2 Å². The molecule has 4 rings (SSSR count). The molecule has 2 aromatic carbocycles. The Balaban J connectivity index is 1.96. The molecule has 6 nitrogen and oxygen atoms in total. The van der Waals surface area contributed by atoms with Gasteiger partial charge in [0.15, 0.2) is 0 Å². The first-order valence-electron chi connectivity index (χ1n) is 7.89. The van der Waals surface area contributed by atoms with Crippen molar-refractivity contribution in [3.8, 4) is 0 Å². The van der Waals surface area contributed by atoms with Gasteiger partial charge in [0.05, 0.1) is 22.8 Å². The number of anilines is 1. The summed E-state index contributed by atoms with van der Waals surface area (Å²) >= 11 is 0. The van der Waals surface area contributed by atoms with Crippen molar-refractivity contribution >= 4 is 22.4 Å². The first-order valence-corrected chi connectivity index (χ1v) is 7.89. The lowest BCUT2D eigenvalue weighted by Crippen LogP contribution is -2.38. The molecule has 0 amide bonds. The van der Waals surface area contributed by atoms with Gasteiger partial charge in [0, 0.05) is 11.8 Å². The minimum Gasteiger partial charge on any atom is -0.480 e. The third-order valence-electron chi connectivity index (χ3n) is 4.54. The zero-order chi connectivity index (χ0) is 18.4. The summed E-state index contributed by atoms with van der Waals surface area (Å²) in [6, 6.07) is 7.51. The zero-order valence-corrected chi connectivity index (χ0v) is 13.4. The maximum absolute atomic E-state index is 14.1. The molecule has 0 fully saturated rings. The molecule has 1 atom stereocenters. The van der Waals surface area contributed by atoms with Gasteiger partial charge in [-0.2, -0.15) is 5.10 Å². The van der Waals surface area contributed by atoms with E-state index >= 15 is 0 Å². The maximum Gasteiger partial charge on any atom is 0.323 e. The van der Waals surface area contributed by atoms with Gasteiger partial charge in [0.2, 0.25) is 0 Å². The molecule has 0 spiro atoms. The van der Waals surface area contributed by atoms with Crippen LogP contribution in [0, 0.1) is 11.6 Å². The van der Waals surface area contributed by atoms with Gasteiger partial charge in [0.25, 0.3) is 5.56 Å². The Bertz CT molecular complexity index is 1080. The smallest absolute Gasteiger partial charge is 0.323 e. The molecule has 3 aromatic rings. The SMILES string of the molecule is O=C(O)CN1c2cc(F)cc3c(=O)[nH]nc(c23)C[C@H]1c1ccc(F)cc1. The van der Waals surface area contributed by atoms with E-state index in [9.17, 15) is 23.5 Å². The summed E-state index contributed by atoms with van der Waals surface area (Å²) < 4.78 is 27.4. The first-order chi connectivity index (χ1) is 12.4. The van der Waals surface area contributed by atoms with E-state index in [-0.39, 0.29) is 11.1 Å². The van der Waals surface area contributed by atoms with Crippen LogP contribution in [0.3, 0.4) is 0 Å². The summed E-state index contributed by atoms with van der Waals surface area (Å²) in [5.74, 6) is -2.16. The fraction of sp³-hybridized carbons (Fsp3) is 0.167. The van der Waals surface area contributed by atoms with E-state index in [1.807, 2.05) is 0 Å². The van der Waals surface area contributed by atoms with Crippen molar-refractivity contribution in [2.75, 3.05) is 11.4 Å². The number of carboxylic acid groups (broad SMARTS) is 1. The van der Waals surface area contributed by atoms with Crippen LogP contribution in [0.2, 0.25) is 0 Å². The van der Waals surface area contributed by atoms with Gasteiger partial charge in [-0.1, -0.05) is 12.1 Å². The van der Waals surface area contributed by atoms with Crippen LogP contribution in [0.4, 0.5) is 14.5 Å². The van der Waals surface area contributed by atoms with E-state index < -0.39 is 35.7 Å². The minimum atomic E-state index is -1.10. The zero-order valence-electron chi connectivity index (χ0n) is 13.4. The topological polar surface area (TPSA) is 86.3 Å². The normalized spacial score (nSPS) is 16.1. The predicted molar refractivity (Wildman–Crippen MR) is 90.1 cm³/mol. The van der Waals surface area contributed by atoms with E-state index in [4.69, 9.17) is 0 Å². The second kappa shape index (κ2) is 5.91. The number of aliphatic carboxylic acids is 1. The van der Waals surface area contributed by atoms with Crippen molar-refractivity contribution in [3.05, 3.63) is 69.6 Å². The van der Waals surface area contributed by atoms with Crippen LogP contribution < -0.4 is 10.5 Å². The number of H-pyrrole nitrogens is 1. The largest absolute Gasteiger partial charge is 0.480 e. The standard InChI is InChI=1S/C18H13F2N3O3/c19-10-3-1-9(2-4-10)14-7-13-17-12(18(26)22-21-13)5-11(20)6-15(17)23(14)8-16(24)25/h1-6,14H,7-8H2,(H,22,26)(H,24,25)/t14-/m0/s1. The lowest BCUT2D eigenvalue weighted by atomic mass is 9.91. The summed E-state index contributed by atoms with van der Waals surface area (Å²) in [5.41, 5.74) is 0.950. The van der Waals surface area contributed by atoms with Gasteiger partial charge < -0.3 is 10.0 Å². The van der Waals surface area contributed by atoms with Crippen LogP contribution >= 0.6 is 0 Å². The van der Waals surface area contributed by atoms with Crippen molar-refractivity contribution in [1.82, 2.24) is 10.2 Å². The molecular weight excluding hydrogens is 344 g/mol. The number of nitrogens with one attached hydrogen (secondary N) is 1. The average molecular weight is 357 g/mol. The number of nitrogens with zero attached hydrogens (tertiary/aromatic N) is 2. The molecule has 0 radical (unpaired) electrons. The highest BCUT2D eigenvalue weighted by molar-refractivity contribution is 5.98. The van der Waals surface area contributed by atoms with Crippen LogP contribution in [-0.4, -0.2) is 27.8 Å². The van der Waals surface area contributed by atoms with Crippen molar-refractivity contribution in [2.45, 2.75) is 12.5 Å². The average Bonchev–Trinajstić information content (AvgIpc) is 2.60. The number of aromatic amines is 1. The number of carbonyl (C=O) groups is 1. The molecule has 26 heavy (non-hydrogen) atoms. The summed E-state index contributed by atoms with van der Waals surface area (Å²) in [6.07, 6.45) is 0.296. The number of aromatic nitrogens is 2. The number of benzene rings is 2. The summed E-state index contributed by atoms with van der Waals surface area (Å²) in [4.78, 5) is 24.9. The van der Waals surface area contributed by atoms with Crippen LogP contribution in [0.25, 0.3) is 10.8 Å². The Morgan fingerprint density at radius 1 is 1.23 bits per heavy atom. The number of hydrogen-bond donors (Lipinski definition) is 2. The lowest BCUT2D eigenvalue weighted by molar-refractivity contribution is -0.135. The van der Waals surface area contributed by atoms with Crippen LogP contribution in [-0.2, 0) is 11.2 Å². The van der Waals surface area contributed by atoms with E-state index in [0.717, 1.165) is 6.07 Å². The van der Waals surface area contributed by atoms with Gasteiger partial charge in [-0.05, 0) is 29.8 Å². The van der Waals surface area contributed by atoms with E-state index in [2.05, 4.69) is 10.2 Å². The summed E-state index contributed by atoms with van der Waals surface area (Å²) in [5, 5.41) is 16.3. The summed E-state index contributed by atoms with van der Waals surface area (Å²) in [6.45, 7) is -0.396. The Kier molecular flexibility index (Phi) is 3.68. The Labute approximate surface area is 145 Å². The monoisotopic (exact) mass is 357 g/mol. The molecule has 2 N–H and O–H groups in total. The third-order valence-corrected chi connectivity index (χ3v) is 4.54. The van der Waals surface area contributed by atoms with Crippen LogP contribution in [0.1, 0.15) is 17.3 Å². The van der Waals surface area contributed by atoms with E-state index in [0.29, 0.717) is 23.1 Å². The molecule has 1 aliphatic rings. The lowest BCUT2D eigenvalue weighted by Gasteiger charge is -2.37. The predicted octanol–water partition coefficient (Wildman–Crippen LogP) is 2.39. The van der Waals surface area contributed by atoms with Crippen molar-refractivity contribution in [1.29, 1.82) is 0 Å². The van der Waals surface area contributed by atoms with Crippen LogP contribution in [0.5, 0.6) is 0 Å². The third kappa shape index (κ3) is 2.59. The molecule has 0 unspecified atom stereocenters. The molecule has 0 bridgehead atoms. The second-order valence-corrected chi connectivity index (χ2v) is 6.14. The van der Waals surface area contributed by atoms with E-state index in [1.165, 1.54) is 23.1 Å². The quantitative estimate of drug-likeness (QED) is 0.752. The Morgan fingerprint density at radius 3 is 2.65 bits per heavy atom. The molecule has 1 aromatic heterocycles.